The summed E-state index contributed by atoms with van der Waals surface area (Å²) in [5.74, 6) is 3.47. The predicted molar refractivity (Wildman–Crippen MR) is 306 cm³/mol. The normalized spacial score (nSPS) is 13.6. The third-order valence-corrected chi connectivity index (χ3v) is 16.1. The minimum absolute atomic E-state index is 0.310. The standard InChI is InChI=1S/C20H13N4O.2C15H11N4O.C14H8N3O2/c1-2-7-14(8-3-1)24-15-9-5-11-22-17(15)18-20(24)25-19-16-13(12-23(18)19)6-4-10-21-16;2*1-18-10-5-3-7-17-12(10)13-15(18)20-14-11-9(8-19(13)14)4-2-6-16-11;1-3-8-7-17-12-11-9(4-2-6-16-11)18-14(12)19-13(17)10(8)15-5-1/h1-11H,12H2;2*2-7H,8H2,1H3;1-6H,7H2/q4*+1/i;1D3;;. The average molecular weight is 1110 g/mol. The van der Waals surface area contributed by atoms with E-state index in [2.05, 4.69) is 101 Å². The second-order valence-corrected chi connectivity index (χ2v) is 20.7. The van der Waals surface area contributed by atoms with Gasteiger partial charge in [0.1, 0.15) is 0 Å². The molecule has 0 radical (unpaired) electrons. The molecule has 0 spiro atoms. The van der Waals surface area contributed by atoms with Gasteiger partial charge in [0, 0.05) is 73.4 Å². The molecule has 0 fully saturated rings. The number of fused-ring (bicyclic) bond motifs is 28. The lowest BCUT2D eigenvalue weighted by molar-refractivity contribution is -0.648. The summed E-state index contributed by atoms with van der Waals surface area (Å²) in [5, 5.41) is 0. The summed E-state index contributed by atoms with van der Waals surface area (Å²) in [6.45, 7) is 0.554. The molecule has 0 bridgehead atoms. The van der Waals surface area contributed by atoms with Crippen LogP contribution in [0.15, 0.2) is 199 Å². The van der Waals surface area contributed by atoms with Crippen LogP contribution in [0.2, 0.25) is 0 Å². The minimum Gasteiger partial charge on any atom is -0.418 e. The van der Waals surface area contributed by atoms with Crippen LogP contribution in [0, 0.1) is 0 Å². The van der Waals surface area contributed by atoms with E-state index in [-0.39, 0.29) is 0 Å². The molecule has 84 heavy (non-hydrogen) atoms. The maximum atomic E-state index is 7.84. The maximum absolute atomic E-state index is 7.84. The van der Waals surface area contributed by atoms with Crippen molar-refractivity contribution < 1.29 is 44.5 Å². The van der Waals surface area contributed by atoms with Gasteiger partial charge in [-0.15, -0.1) is 18.3 Å². The van der Waals surface area contributed by atoms with E-state index >= 15 is 0 Å². The lowest BCUT2D eigenvalue weighted by atomic mass is 10.2. The molecule has 0 aliphatic carbocycles. The number of hydrogen-bond donors (Lipinski definition) is 0. The highest BCUT2D eigenvalue weighted by Gasteiger charge is 2.42. The van der Waals surface area contributed by atoms with E-state index in [4.69, 9.17) is 26.2 Å². The Morgan fingerprint density at radius 2 is 0.762 bits per heavy atom. The molecule has 20 heteroatoms. The Kier molecular flexibility index (Phi) is 9.01. The van der Waals surface area contributed by atoms with E-state index in [9.17, 15) is 0 Å². The molecule has 400 valence electrons. The molecule has 0 amide bonds. The van der Waals surface area contributed by atoms with Gasteiger partial charge in [0.05, 0.1) is 38.8 Å². The Labute approximate surface area is 476 Å². The van der Waals surface area contributed by atoms with Crippen LogP contribution in [0.5, 0.6) is 0 Å². The van der Waals surface area contributed by atoms with Crippen molar-refractivity contribution >= 4 is 89.2 Å². The van der Waals surface area contributed by atoms with Gasteiger partial charge in [0.25, 0.3) is 33.7 Å². The second-order valence-electron chi connectivity index (χ2n) is 20.7. The number of benzene rings is 1. The van der Waals surface area contributed by atoms with Crippen LogP contribution in [0.25, 0.3) is 141 Å². The zero-order valence-electron chi connectivity index (χ0n) is 47.3. The molecule has 0 atom stereocenters. The molecule has 0 unspecified atom stereocenters. The molecule has 4 aliphatic heterocycles. The smallest absolute Gasteiger partial charge is 0.404 e. The van der Waals surface area contributed by atoms with Crippen molar-refractivity contribution in [3.05, 3.63) is 199 Å². The van der Waals surface area contributed by atoms with Gasteiger partial charge in [-0.2, -0.15) is 0 Å². The van der Waals surface area contributed by atoms with Gasteiger partial charge in [0.15, 0.2) is 76.6 Å². The van der Waals surface area contributed by atoms with Crippen LogP contribution in [0.4, 0.5) is 0 Å². The van der Waals surface area contributed by atoms with Gasteiger partial charge in [-0.05, 0) is 109 Å². The molecule has 0 saturated carbocycles. The quantitative estimate of drug-likeness (QED) is 0.141. The van der Waals surface area contributed by atoms with Crippen LogP contribution in [0.3, 0.4) is 0 Å². The first-order chi connectivity index (χ1) is 42.7. The number of oxazole rings is 4. The SMILES string of the molecule is Cn1c2cccnc2c2c1oc1[n+]2Cc2cccnc2-1.[2H]C([2H])([2H])n1c2cccnc2c2c1oc1[n+]2Cc2cccnc2-1.c1ccc(-n2c3cccnc3c3c2oc2[n+]3Cc3cccnc3-2)cc1.c1cnc2c(c1)C[n+]1c-2oc2oc3cccnc3c21. The molecule has 20 nitrogen and oxygen atoms in total. The van der Waals surface area contributed by atoms with Crippen molar-refractivity contribution in [1.29, 1.82) is 0 Å². The lowest BCUT2D eigenvalue weighted by Crippen LogP contribution is -2.30. The predicted octanol–water partition coefficient (Wildman–Crippen LogP) is 9.83. The fourth-order valence-corrected chi connectivity index (χ4v) is 12.5. The molecule has 4 aliphatic rings. The maximum Gasteiger partial charge on any atom is 0.404 e. The van der Waals surface area contributed by atoms with E-state index in [1.807, 2.05) is 108 Å². The number of aryl methyl sites for hydroxylation is 2. The number of furan rings is 1. The number of pyridine rings is 8. The van der Waals surface area contributed by atoms with Gasteiger partial charge < -0.3 is 31.2 Å². The first kappa shape index (κ1) is 43.3. The zero-order chi connectivity index (χ0) is 57.8. The fraction of sp³-hybridized carbons (Fsp3) is 0.0938. The Morgan fingerprint density at radius 1 is 0.369 bits per heavy atom. The Hall–Kier alpha value is -11.5. The summed E-state index contributed by atoms with van der Waals surface area (Å²) < 4.78 is 67.2. The molecule has 20 heterocycles. The van der Waals surface area contributed by atoms with Gasteiger partial charge in [-0.25, -0.2) is 39.9 Å². The third kappa shape index (κ3) is 6.51. The average Bonchev–Trinajstić information content (AvgIpc) is 1.63. The first-order valence-electron chi connectivity index (χ1n) is 28.7. The summed E-state index contributed by atoms with van der Waals surface area (Å²) in [6, 6.07) is 41.5. The van der Waals surface area contributed by atoms with E-state index in [1.54, 1.807) is 43.1 Å². The first-order valence-corrected chi connectivity index (χ1v) is 27.2. The molecule has 17 aromatic rings. The highest BCUT2D eigenvalue weighted by atomic mass is 16.5. The summed E-state index contributed by atoms with van der Waals surface area (Å²) in [5.41, 5.74) is 21.6. The molecular formula is C64H43N15O5+4. The van der Waals surface area contributed by atoms with Gasteiger partial charge in [-0.1, -0.05) is 18.2 Å². The Bertz CT molecular complexity index is 5710. The van der Waals surface area contributed by atoms with Crippen molar-refractivity contribution in [1.82, 2.24) is 53.6 Å². The van der Waals surface area contributed by atoms with Crippen molar-refractivity contribution in [2.45, 2.75) is 26.2 Å². The number of aromatic nitrogens is 15. The zero-order valence-corrected chi connectivity index (χ0v) is 44.3. The number of rotatable bonds is 1. The van der Waals surface area contributed by atoms with Crippen LogP contribution in [0.1, 0.15) is 26.4 Å². The van der Waals surface area contributed by atoms with E-state index in [0.717, 1.165) is 138 Å². The van der Waals surface area contributed by atoms with Crippen LogP contribution < -0.4 is 18.3 Å². The Morgan fingerprint density at radius 3 is 1.29 bits per heavy atom. The summed E-state index contributed by atoms with van der Waals surface area (Å²) in [4.78, 5) is 35.6. The van der Waals surface area contributed by atoms with Crippen molar-refractivity contribution in [3.8, 4) is 52.0 Å². The van der Waals surface area contributed by atoms with Gasteiger partial charge in [-0.3, -0.25) is 4.57 Å². The lowest BCUT2D eigenvalue weighted by Gasteiger charge is -2.03. The van der Waals surface area contributed by atoms with Crippen LogP contribution >= 0.6 is 0 Å². The van der Waals surface area contributed by atoms with Gasteiger partial charge in [0.2, 0.25) is 0 Å². The topological polar surface area (TPSA) is 199 Å². The Balaban J connectivity index is 0.0000000877. The summed E-state index contributed by atoms with van der Waals surface area (Å²) >= 11 is 0. The molecule has 0 saturated heterocycles. The third-order valence-electron chi connectivity index (χ3n) is 16.1. The highest BCUT2D eigenvalue weighted by Crippen LogP contribution is 2.39. The molecule has 1 aromatic carbocycles. The monoisotopic (exact) mass is 1100 g/mol. The number of nitrogens with zero attached hydrogens (tertiary/aromatic N) is 15. The number of hydrogen-bond acceptors (Lipinski definition) is 13. The fourth-order valence-electron chi connectivity index (χ4n) is 12.5. The van der Waals surface area contributed by atoms with Crippen LogP contribution in [-0.2, 0) is 40.2 Å². The minimum atomic E-state index is -2.35. The molecular weight excluding hydrogens is 1060 g/mol. The summed E-state index contributed by atoms with van der Waals surface area (Å²) in [6.07, 6.45) is 14.2. The summed E-state index contributed by atoms with van der Waals surface area (Å²) in [7, 11) is 2.00. The highest BCUT2D eigenvalue weighted by molar-refractivity contribution is 6.02. The van der Waals surface area contributed by atoms with E-state index in [0.29, 0.717) is 40.5 Å². The molecule has 0 N–H and O–H groups in total. The van der Waals surface area contributed by atoms with Crippen molar-refractivity contribution in [2.24, 2.45) is 14.0 Å². The van der Waals surface area contributed by atoms with Crippen molar-refractivity contribution in [2.75, 3.05) is 0 Å². The van der Waals surface area contributed by atoms with E-state index < -0.39 is 6.98 Å². The second kappa shape index (κ2) is 17.5. The van der Waals surface area contributed by atoms with Crippen LogP contribution in [-0.4, -0.2) is 53.6 Å². The number of para-hydroxylation sites is 1. The largest absolute Gasteiger partial charge is 0.418 e. The van der Waals surface area contributed by atoms with E-state index in [1.165, 1.54) is 15.7 Å². The van der Waals surface area contributed by atoms with Crippen molar-refractivity contribution in [3.63, 3.8) is 0 Å². The molecule has 21 rings (SSSR count). The molecule has 16 aromatic heterocycles. The van der Waals surface area contributed by atoms with Gasteiger partial charge >= 0.3 is 34.9 Å².